The van der Waals surface area contributed by atoms with Gasteiger partial charge in [-0.25, -0.2) is 0 Å². The van der Waals surface area contributed by atoms with Crippen molar-refractivity contribution >= 4 is 28.6 Å². The summed E-state index contributed by atoms with van der Waals surface area (Å²) in [6.07, 6.45) is 1.41. The smallest absolute Gasteiger partial charge is 0.251 e. The summed E-state index contributed by atoms with van der Waals surface area (Å²) in [4.78, 5) is 12.0. The summed E-state index contributed by atoms with van der Waals surface area (Å²) in [6, 6.07) is 14.5. The van der Waals surface area contributed by atoms with Crippen LogP contribution in [0, 0.1) is 5.21 Å². The van der Waals surface area contributed by atoms with Crippen LogP contribution < -0.4 is 10.0 Å². The van der Waals surface area contributed by atoms with Crippen molar-refractivity contribution in [1.82, 2.24) is 5.32 Å². The average molecular weight is 328 g/mol. The van der Waals surface area contributed by atoms with Gasteiger partial charge in [-0.15, -0.1) is 0 Å². The number of aromatic nitrogens is 1. The quantitative estimate of drug-likeness (QED) is 0.444. The van der Waals surface area contributed by atoms with Gasteiger partial charge in [0.25, 0.3) is 5.03 Å². The molecule has 0 aliphatic rings. The van der Waals surface area contributed by atoms with Crippen LogP contribution in [0.15, 0.2) is 64.2 Å². The summed E-state index contributed by atoms with van der Waals surface area (Å²) in [7, 11) is 0. The van der Waals surface area contributed by atoms with E-state index in [2.05, 4.69) is 5.32 Å². The van der Waals surface area contributed by atoms with E-state index in [1.165, 1.54) is 18.0 Å². The molecular formula is C17H16N2O3S. The number of nitrogens with zero attached hydrogens (tertiary/aromatic N) is 1. The first-order valence-electron chi connectivity index (χ1n) is 7.22. The van der Waals surface area contributed by atoms with Crippen LogP contribution in [0.3, 0.4) is 0 Å². The van der Waals surface area contributed by atoms with Crippen LogP contribution in [0.5, 0.6) is 0 Å². The van der Waals surface area contributed by atoms with E-state index < -0.39 is 0 Å². The molecule has 118 valence electrons. The number of amides is 1. The number of fused-ring (bicyclic) bond motifs is 1. The van der Waals surface area contributed by atoms with E-state index in [-0.39, 0.29) is 17.7 Å². The highest BCUT2D eigenvalue weighted by Crippen LogP contribution is 2.23. The molecule has 0 saturated carbocycles. The highest BCUT2D eigenvalue weighted by Gasteiger charge is 2.15. The maximum atomic E-state index is 12.0. The Morgan fingerprint density at radius 2 is 2.09 bits per heavy atom. The Morgan fingerprint density at radius 3 is 2.87 bits per heavy atom. The lowest BCUT2D eigenvalue weighted by molar-refractivity contribution is -0.645. The Labute approximate surface area is 137 Å². The Hall–Kier alpha value is -2.47. The molecule has 0 unspecified atom stereocenters. The lowest BCUT2D eigenvalue weighted by atomic mass is 10.2. The van der Waals surface area contributed by atoms with E-state index in [0.29, 0.717) is 10.8 Å². The lowest BCUT2D eigenvalue weighted by Crippen LogP contribution is -2.31. The third-order valence-corrected chi connectivity index (χ3v) is 4.41. The molecule has 3 rings (SSSR count). The molecule has 0 fully saturated rings. The van der Waals surface area contributed by atoms with Crippen LogP contribution in [0.2, 0.25) is 0 Å². The molecule has 1 N–H and O–H groups in total. The molecule has 3 aromatic rings. The van der Waals surface area contributed by atoms with E-state index in [9.17, 15) is 10.0 Å². The number of carbonyl (C=O) groups excluding carboxylic acids is 1. The summed E-state index contributed by atoms with van der Waals surface area (Å²) in [5.41, 5.74) is 0.801. The summed E-state index contributed by atoms with van der Waals surface area (Å²) >= 11 is 1.21. The Kier molecular flexibility index (Phi) is 4.52. The van der Waals surface area contributed by atoms with Gasteiger partial charge >= 0.3 is 0 Å². The number of nitrogens with one attached hydrogen (secondary N) is 1. The summed E-state index contributed by atoms with van der Waals surface area (Å²) in [5, 5.41) is 15.9. The van der Waals surface area contributed by atoms with E-state index in [1.54, 1.807) is 18.2 Å². The second-order valence-electron chi connectivity index (χ2n) is 5.13. The normalized spacial score (nSPS) is 12.2. The van der Waals surface area contributed by atoms with Crippen molar-refractivity contribution in [3.63, 3.8) is 0 Å². The van der Waals surface area contributed by atoms with Crippen LogP contribution in [0.4, 0.5) is 0 Å². The topological polar surface area (TPSA) is 69.2 Å². The van der Waals surface area contributed by atoms with E-state index in [0.717, 1.165) is 15.7 Å². The van der Waals surface area contributed by atoms with Gasteiger partial charge in [-0.3, -0.25) is 4.79 Å². The summed E-state index contributed by atoms with van der Waals surface area (Å²) in [5.74, 6) is 0.742. The van der Waals surface area contributed by atoms with E-state index in [1.807, 2.05) is 37.3 Å². The molecule has 1 amide bonds. The summed E-state index contributed by atoms with van der Waals surface area (Å²) < 4.78 is 6.49. The molecule has 2 aromatic heterocycles. The minimum Gasteiger partial charge on any atom is -0.618 e. The van der Waals surface area contributed by atoms with Crippen molar-refractivity contribution in [1.29, 1.82) is 0 Å². The Morgan fingerprint density at radius 1 is 1.30 bits per heavy atom. The number of rotatable bonds is 5. The highest BCUT2D eigenvalue weighted by atomic mass is 32.2. The molecule has 1 atom stereocenters. The van der Waals surface area contributed by atoms with Crippen LogP contribution in [0.1, 0.15) is 18.7 Å². The molecule has 0 bridgehead atoms. The Bertz CT molecular complexity index is 798. The molecule has 0 saturated heterocycles. The van der Waals surface area contributed by atoms with Crippen molar-refractivity contribution in [2.75, 3.05) is 5.75 Å². The number of hydrogen-bond donors (Lipinski definition) is 1. The zero-order valence-electron chi connectivity index (χ0n) is 12.6. The predicted octanol–water partition coefficient (Wildman–Crippen LogP) is 3.04. The largest absolute Gasteiger partial charge is 0.618 e. The molecule has 0 aliphatic carbocycles. The van der Waals surface area contributed by atoms with Crippen LogP contribution in [0.25, 0.3) is 11.0 Å². The molecule has 0 aliphatic heterocycles. The zero-order chi connectivity index (χ0) is 16.2. The average Bonchev–Trinajstić information content (AvgIpc) is 2.98. The first-order chi connectivity index (χ1) is 11.1. The second-order valence-corrected chi connectivity index (χ2v) is 6.12. The molecule has 0 spiro atoms. The monoisotopic (exact) mass is 328 g/mol. The van der Waals surface area contributed by atoms with Gasteiger partial charge in [-0.2, -0.15) is 4.73 Å². The molecular weight excluding hydrogens is 312 g/mol. The second kappa shape index (κ2) is 6.75. The van der Waals surface area contributed by atoms with Gasteiger partial charge in [-0.1, -0.05) is 18.2 Å². The van der Waals surface area contributed by atoms with Crippen molar-refractivity contribution in [3.8, 4) is 0 Å². The molecule has 0 radical (unpaired) electrons. The van der Waals surface area contributed by atoms with Gasteiger partial charge in [0, 0.05) is 17.5 Å². The van der Waals surface area contributed by atoms with Gasteiger partial charge in [0.05, 0.1) is 11.8 Å². The third kappa shape index (κ3) is 3.65. The minimum atomic E-state index is -0.231. The molecule has 6 heteroatoms. The fraction of sp³-hybridized carbons (Fsp3) is 0.176. The number of hydrogen-bond acceptors (Lipinski definition) is 4. The maximum Gasteiger partial charge on any atom is 0.251 e. The molecule has 5 nitrogen and oxygen atoms in total. The van der Waals surface area contributed by atoms with E-state index in [4.69, 9.17) is 4.42 Å². The number of pyridine rings is 1. The molecule has 2 heterocycles. The van der Waals surface area contributed by atoms with Crippen LogP contribution in [-0.2, 0) is 4.79 Å². The predicted molar refractivity (Wildman–Crippen MR) is 88.9 cm³/mol. The van der Waals surface area contributed by atoms with Crippen LogP contribution in [-0.4, -0.2) is 11.7 Å². The minimum absolute atomic E-state index is 0.146. The highest BCUT2D eigenvalue weighted by molar-refractivity contribution is 7.99. The van der Waals surface area contributed by atoms with Gasteiger partial charge in [0.15, 0.2) is 6.20 Å². The number of para-hydroxylation sites is 1. The number of furan rings is 1. The first kappa shape index (κ1) is 15.4. The molecule has 23 heavy (non-hydrogen) atoms. The lowest BCUT2D eigenvalue weighted by Gasteiger charge is -2.11. The fourth-order valence-electron chi connectivity index (χ4n) is 2.23. The number of carbonyl (C=O) groups is 1. The summed E-state index contributed by atoms with van der Waals surface area (Å²) in [6.45, 7) is 1.87. The van der Waals surface area contributed by atoms with Crippen molar-refractivity contribution in [2.24, 2.45) is 0 Å². The first-order valence-corrected chi connectivity index (χ1v) is 8.21. The number of thioether (sulfide) groups is 1. The van der Waals surface area contributed by atoms with Gasteiger partial charge < -0.3 is 14.9 Å². The maximum absolute atomic E-state index is 12.0. The van der Waals surface area contributed by atoms with Crippen molar-refractivity contribution in [2.45, 2.75) is 18.0 Å². The SMILES string of the molecule is C[C@H](NC(=O)CSc1cccc[n+]1[O-])c1cc2ccccc2o1. The van der Waals surface area contributed by atoms with Crippen molar-refractivity contribution < 1.29 is 13.9 Å². The van der Waals surface area contributed by atoms with Crippen molar-refractivity contribution in [3.05, 3.63) is 65.7 Å². The van der Waals surface area contributed by atoms with Gasteiger partial charge in [0.2, 0.25) is 5.91 Å². The fourth-order valence-corrected chi connectivity index (χ4v) is 2.96. The molecule has 1 aromatic carbocycles. The third-order valence-electron chi connectivity index (χ3n) is 3.39. The van der Waals surface area contributed by atoms with Crippen LogP contribution >= 0.6 is 11.8 Å². The number of benzene rings is 1. The zero-order valence-corrected chi connectivity index (χ0v) is 13.4. The van der Waals surface area contributed by atoms with E-state index >= 15 is 0 Å². The van der Waals surface area contributed by atoms with Gasteiger partial charge in [-0.05, 0) is 36.9 Å². The Balaban J connectivity index is 1.60. The van der Waals surface area contributed by atoms with Gasteiger partial charge in [0.1, 0.15) is 11.3 Å². The standard InChI is InChI=1S/C17H16N2O3S/c1-12(15-10-13-6-2-3-7-14(13)22-15)18-16(20)11-23-17-8-4-5-9-19(17)21/h2-10,12H,11H2,1H3,(H,18,20)/t12-/m0/s1.